The normalized spacial score (nSPS) is 11.7. The van der Waals surface area contributed by atoms with E-state index in [1.54, 1.807) is 48.5 Å². The van der Waals surface area contributed by atoms with E-state index < -0.39 is 5.91 Å². The Balaban J connectivity index is 1.60. The van der Waals surface area contributed by atoms with Crippen molar-refractivity contribution in [3.63, 3.8) is 0 Å². The van der Waals surface area contributed by atoms with Crippen LogP contribution in [-0.4, -0.2) is 37.4 Å². The highest BCUT2D eigenvalue weighted by Crippen LogP contribution is 2.22. The second kappa shape index (κ2) is 9.91. The minimum absolute atomic E-state index is 0.0792. The number of hydrogen-bond donors (Lipinski definition) is 2. The third kappa shape index (κ3) is 5.93. The molecular weight excluding hydrogens is 390 g/mol. The summed E-state index contributed by atoms with van der Waals surface area (Å²) in [6.07, 6.45) is 0. The SMILES string of the molecule is Cc1ccc(C(CNC(=O)c2ccc(Oc3ccc(C(N)=O)cc3)cc2)N(C)C)cc1. The van der Waals surface area contributed by atoms with Crippen molar-refractivity contribution in [3.05, 3.63) is 95.1 Å². The van der Waals surface area contributed by atoms with E-state index in [1.807, 2.05) is 14.1 Å². The van der Waals surface area contributed by atoms with E-state index in [1.165, 1.54) is 5.56 Å². The summed E-state index contributed by atoms with van der Waals surface area (Å²) in [7, 11) is 4.00. The van der Waals surface area contributed by atoms with Crippen LogP contribution in [0, 0.1) is 6.92 Å². The van der Waals surface area contributed by atoms with Gasteiger partial charge in [-0.1, -0.05) is 29.8 Å². The van der Waals surface area contributed by atoms with Gasteiger partial charge in [0.05, 0.1) is 6.04 Å². The third-order valence-corrected chi connectivity index (χ3v) is 5.03. The van der Waals surface area contributed by atoms with Gasteiger partial charge in [-0.3, -0.25) is 9.59 Å². The first kappa shape index (κ1) is 22.1. The molecule has 0 aromatic heterocycles. The fraction of sp³-hybridized carbons (Fsp3) is 0.200. The summed E-state index contributed by atoms with van der Waals surface area (Å²) in [4.78, 5) is 25.8. The van der Waals surface area contributed by atoms with Crippen LogP contribution < -0.4 is 15.8 Å². The first-order valence-corrected chi connectivity index (χ1v) is 10.0. The molecule has 0 aliphatic carbocycles. The van der Waals surface area contributed by atoms with Gasteiger partial charge < -0.3 is 20.7 Å². The second-order valence-electron chi connectivity index (χ2n) is 7.62. The van der Waals surface area contributed by atoms with E-state index in [9.17, 15) is 9.59 Å². The number of carbonyl (C=O) groups is 2. The average Bonchev–Trinajstić information content (AvgIpc) is 2.75. The van der Waals surface area contributed by atoms with Gasteiger partial charge in [-0.2, -0.15) is 0 Å². The summed E-state index contributed by atoms with van der Waals surface area (Å²) in [5.41, 5.74) is 8.57. The van der Waals surface area contributed by atoms with Crippen LogP contribution in [0.5, 0.6) is 11.5 Å². The van der Waals surface area contributed by atoms with Crippen LogP contribution >= 0.6 is 0 Å². The van der Waals surface area contributed by atoms with Gasteiger partial charge in [0.2, 0.25) is 5.91 Å². The number of carbonyl (C=O) groups excluding carboxylic acids is 2. The Bertz CT molecular complexity index is 1030. The minimum atomic E-state index is -0.485. The summed E-state index contributed by atoms with van der Waals surface area (Å²) in [6, 6.07) is 21.9. The number of likely N-dealkylation sites (N-methyl/N-ethyl adjacent to an activating group) is 1. The molecule has 3 aromatic carbocycles. The minimum Gasteiger partial charge on any atom is -0.457 e. The van der Waals surface area contributed by atoms with E-state index in [-0.39, 0.29) is 11.9 Å². The molecule has 0 saturated heterocycles. The average molecular weight is 418 g/mol. The standard InChI is InChI=1S/C25H27N3O3/c1-17-4-6-18(7-5-17)23(28(2)3)16-27-25(30)20-10-14-22(15-11-20)31-21-12-8-19(9-13-21)24(26)29/h4-15,23H,16H2,1-3H3,(H2,26,29)(H,27,30). The second-order valence-corrected chi connectivity index (χ2v) is 7.62. The number of amides is 2. The number of ether oxygens (including phenoxy) is 1. The summed E-state index contributed by atoms with van der Waals surface area (Å²) in [5.74, 6) is 0.542. The lowest BCUT2D eigenvalue weighted by Gasteiger charge is -2.25. The van der Waals surface area contributed by atoms with Crippen LogP contribution in [0.25, 0.3) is 0 Å². The predicted octanol–water partition coefficient (Wildman–Crippen LogP) is 3.92. The summed E-state index contributed by atoms with van der Waals surface area (Å²) in [5, 5.41) is 3.01. The Kier molecular flexibility index (Phi) is 7.05. The number of benzene rings is 3. The molecule has 0 bridgehead atoms. The van der Waals surface area contributed by atoms with Gasteiger partial charge in [-0.05, 0) is 75.1 Å². The zero-order valence-corrected chi connectivity index (χ0v) is 18.0. The van der Waals surface area contributed by atoms with Gasteiger partial charge in [-0.25, -0.2) is 0 Å². The molecule has 0 saturated carbocycles. The Morgan fingerprint density at radius 2 is 1.39 bits per heavy atom. The molecule has 0 aliphatic rings. The maximum absolute atomic E-state index is 12.6. The van der Waals surface area contributed by atoms with Crippen LogP contribution in [0.4, 0.5) is 0 Å². The van der Waals surface area contributed by atoms with Crippen molar-refractivity contribution in [2.45, 2.75) is 13.0 Å². The fourth-order valence-electron chi connectivity index (χ4n) is 3.18. The predicted molar refractivity (Wildman–Crippen MR) is 121 cm³/mol. The molecule has 3 rings (SSSR count). The van der Waals surface area contributed by atoms with E-state index in [0.717, 1.165) is 5.56 Å². The fourth-order valence-corrected chi connectivity index (χ4v) is 3.18. The summed E-state index contributed by atoms with van der Waals surface area (Å²) >= 11 is 0. The Labute approximate surface area is 182 Å². The highest BCUT2D eigenvalue weighted by atomic mass is 16.5. The zero-order chi connectivity index (χ0) is 22.4. The molecule has 0 heterocycles. The largest absolute Gasteiger partial charge is 0.457 e. The lowest BCUT2D eigenvalue weighted by molar-refractivity contribution is 0.0940. The van der Waals surface area contributed by atoms with E-state index >= 15 is 0 Å². The van der Waals surface area contributed by atoms with Gasteiger partial charge in [0.1, 0.15) is 11.5 Å². The molecule has 31 heavy (non-hydrogen) atoms. The quantitative estimate of drug-likeness (QED) is 0.582. The van der Waals surface area contributed by atoms with E-state index in [4.69, 9.17) is 10.5 Å². The topological polar surface area (TPSA) is 84.7 Å². The number of nitrogens with zero attached hydrogens (tertiary/aromatic N) is 1. The molecule has 1 unspecified atom stereocenters. The van der Waals surface area contributed by atoms with Crippen molar-refractivity contribution in [1.29, 1.82) is 0 Å². The van der Waals surface area contributed by atoms with Crippen LogP contribution in [0.2, 0.25) is 0 Å². The van der Waals surface area contributed by atoms with Crippen molar-refractivity contribution in [3.8, 4) is 11.5 Å². The molecule has 160 valence electrons. The Morgan fingerprint density at radius 1 is 0.871 bits per heavy atom. The molecule has 2 amide bonds. The van der Waals surface area contributed by atoms with Gasteiger partial charge >= 0.3 is 0 Å². The molecular formula is C25H27N3O3. The molecule has 6 heteroatoms. The highest BCUT2D eigenvalue weighted by molar-refractivity contribution is 5.94. The molecule has 0 fully saturated rings. The number of primary amides is 1. The first-order valence-electron chi connectivity index (χ1n) is 10.0. The van der Waals surface area contributed by atoms with Gasteiger partial charge in [0.25, 0.3) is 5.91 Å². The first-order chi connectivity index (χ1) is 14.8. The summed E-state index contributed by atoms with van der Waals surface area (Å²) in [6.45, 7) is 2.55. The molecule has 1 atom stereocenters. The van der Waals surface area contributed by atoms with Gasteiger partial charge in [0.15, 0.2) is 0 Å². The lowest BCUT2D eigenvalue weighted by Crippen LogP contribution is -2.34. The van der Waals surface area contributed by atoms with Crippen molar-refractivity contribution in [1.82, 2.24) is 10.2 Å². The van der Waals surface area contributed by atoms with E-state index in [0.29, 0.717) is 29.2 Å². The monoisotopic (exact) mass is 417 g/mol. The highest BCUT2D eigenvalue weighted by Gasteiger charge is 2.16. The maximum Gasteiger partial charge on any atom is 0.251 e. The number of hydrogen-bond acceptors (Lipinski definition) is 4. The van der Waals surface area contributed by atoms with Crippen molar-refractivity contribution >= 4 is 11.8 Å². The van der Waals surface area contributed by atoms with Crippen LogP contribution in [0.1, 0.15) is 37.9 Å². The van der Waals surface area contributed by atoms with Gasteiger partial charge in [-0.15, -0.1) is 0 Å². The van der Waals surface area contributed by atoms with Crippen molar-refractivity contribution < 1.29 is 14.3 Å². The molecule has 3 N–H and O–H groups in total. The van der Waals surface area contributed by atoms with Gasteiger partial charge in [0, 0.05) is 17.7 Å². The van der Waals surface area contributed by atoms with Crippen LogP contribution in [0.3, 0.4) is 0 Å². The van der Waals surface area contributed by atoms with Crippen LogP contribution in [-0.2, 0) is 0 Å². The maximum atomic E-state index is 12.6. The van der Waals surface area contributed by atoms with E-state index in [2.05, 4.69) is 41.4 Å². The third-order valence-electron chi connectivity index (χ3n) is 5.03. The van der Waals surface area contributed by atoms with Crippen LogP contribution in [0.15, 0.2) is 72.8 Å². The van der Waals surface area contributed by atoms with Crippen molar-refractivity contribution in [2.24, 2.45) is 5.73 Å². The smallest absolute Gasteiger partial charge is 0.251 e. The number of nitrogens with two attached hydrogens (primary N) is 1. The molecule has 0 aliphatic heterocycles. The molecule has 6 nitrogen and oxygen atoms in total. The molecule has 3 aromatic rings. The lowest BCUT2D eigenvalue weighted by atomic mass is 10.0. The molecule has 0 spiro atoms. The number of rotatable bonds is 8. The Hall–Kier alpha value is -3.64. The number of nitrogens with one attached hydrogen (secondary N) is 1. The number of aryl methyl sites for hydroxylation is 1. The molecule has 0 radical (unpaired) electrons. The Morgan fingerprint density at radius 3 is 1.87 bits per heavy atom. The summed E-state index contributed by atoms with van der Waals surface area (Å²) < 4.78 is 5.75. The van der Waals surface area contributed by atoms with Crippen molar-refractivity contribution in [2.75, 3.05) is 20.6 Å². The zero-order valence-electron chi connectivity index (χ0n) is 18.0.